The lowest BCUT2D eigenvalue weighted by atomic mass is 10.2. The van der Waals surface area contributed by atoms with E-state index in [4.69, 9.17) is 0 Å². The van der Waals surface area contributed by atoms with E-state index < -0.39 is 0 Å². The number of aromatic nitrogens is 2. The molecule has 28 heavy (non-hydrogen) atoms. The van der Waals surface area contributed by atoms with E-state index in [0.717, 1.165) is 24.6 Å². The highest BCUT2D eigenvalue weighted by atomic mass is 16.1. The van der Waals surface area contributed by atoms with Gasteiger partial charge in [-0.3, -0.25) is 4.79 Å². The number of carbonyl (C=O) groups excluding carboxylic acids is 1. The Balaban J connectivity index is 1.67. The number of hydrogen-bond acceptors (Lipinski definition) is 5. The first kappa shape index (κ1) is 19.4. The van der Waals surface area contributed by atoms with Crippen molar-refractivity contribution in [1.82, 2.24) is 10.2 Å². The van der Waals surface area contributed by atoms with Gasteiger partial charge >= 0.3 is 0 Å². The number of para-hydroxylation sites is 1. The first-order valence-electron chi connectivity index (χ1n) is 9.28. The van der Waals surface area contributed by atoms with Crippen molar-refractivity contribution in [2.24, 2.45) is 0 Å². The molecule has 0 aliphatic heterocycles. The Morgan fingerprint density at radius 3 is 2.21 bits per heavy atom. The van der Waals surface area contributed by atoms with E-state index >= 15 is 0 Å². The van der Waals surface area contributed by atoms with E-state index in [0.29, 0.717) is 5.69 Å². The number of hydrogen-bond donors (Lipinski definition) is 1. The molecule has 3 rings (SSSR count). The van der Waals surface area contributed by atoms with Gasteiger partial charge in [0.2, 0.25) is 0 Å². The van der Waals surface area contributed by atoms with Gasteiger partial charge in [-0.25, -0.2) is 0 Å². The maximum Gasteiger partial charge on any atom is 0.276 e. The lowest BCUT2D eigenvalue weighted by Crippen LogP contribution is -2.24. The van der Waals surface area contributed by atoms with Gasteiger partial charge < -0.3 is 15.1 Å². The molecular formula is C22H25N5O. The Morgan fingerprint density at radius 2 is 1.64 bits per heavy atom. The largest absolute Gasteiger partial charge is 0.378 e. The topological polar surface area (TPSA) is 61.4 Å². The van der Waals surface area contributed by atoms with Gasteiger partial charge in [0.05, 0.1) is 0 Å². The summed E-state index contributed by atoms with van der Waals surface area (Å²) in [5, 5.41) is 11.2. The van der Waals surface area contributed by atoms with Gasteiger partial charge in [0.15, 0.2) is 11.5 Å². The summed E-state index contributed by atoms with van der Waals surface area (Å²) in [6, 6.07) is 21.3. The van der Waals surface area contributed by atoms with E-state index in [1.54, 1.807) is 6.07 Å². The second-order valence-electron chi connectivity index (χ2n) is 6.67. The van der Waals surface area contributed by atoms with Crippen LogP contribution < -0.4 is 15.1 Å². The first-order valence-corrected chi connectivity index (χ1v) is 9.28. The predicted octanol–water partition coefficient (Wildman–Crippen LogP) is 3.82. The smallest absolute Gasteiger partial charge is 0.276 e. The molecule has 0 unspecified atom stereocenters. The molecule has 2 aromatic carbocycles. The average Bonchev–Trinajstić information content (AvgIpc) is 2.73. The van der Waals surface area contributed by atoms with Crippen LogP contribution in [0.1, 0.15) is 23.0 Å². The molecule has 6 heteroatoms. The molecule has 0 radical (unpaired) electrons. The van der Waals surface area contributed by atoms with Crippen LogP contribution in [-0.4, -0.2) is 36.7 Å². The molecule has 1 N–H and O–H groups in total. The summed E-state index contributed by atoms with van der Waals surface area (Å²) in [5.74, 6) is 0.475. The number of carbonyl (C=O) groups is 1. The van der Waals surface area contributed by atoms with Crippen LogP contribution in [0.3, 0.4) is 0 Å². The molecule has 0 atom stereocenters. The van der Waals surface area contributed by atoms with Crippen LogP contribution in [0, 0.1) is 0 Å². The Kier molecular flexibility index (Phi) is 6.22. The second-order valence-corrected chi connectivity index (χ2v) is 6.67. The number of anilines is 3. The van der Waals surface area contributed by atoms with Crippen LogP contribution in [0.4, 0.5) is 17.2 Å². The fraction of sp³-hybridized carbons (Fsp3) is 0.227. The third-order valence-electron chi connectivity index (χ3n) is 4.45. The molecule has 0 saturated carbocycles. The number of nitrogens with zero attached hydrogens (tertiary/aromatic N) is 4. The van der Waals surface area contributed by atoms with Gasteiger partial charge in [-0.2, -0.15) is 0 Å². The average molecular weight is 375 g/mol. The van der Waals surface area contributed by atoms with Crippen molar-refractivity contribution < 1.29 is 4.79 Å². The predicted molar refractivity (Wildman–Crippen MR) is 114 cm³/mol. The normalized spacial score (nSPS) is 10.4. The molecule has 0 saturated heterocycles. The standard InChI is InChI=1S/C22H25N5O/c1-4-27(16-17-10-12-19(13-11-17)26(2)3)21-15-14-20(24-25-21)22(28)23-18-8-6-5-7-9-18/h5-15H,4,16H2,1-3H3,(H,23,28). The van der Waals surface area contributed by atoms with Gasteiger partial charge in [-0.1, -0.05) is 30.3 Å². The highest BCUT2D eigenvalue weighted by Gasteiger charge is 2.12. The molecule has 0 bridgehead atoms. The van der Waals surface area contributed by atoms with Gasteiger partial charge in [0, 0.05) is 38.6 Å². The van der Waals surface area contributed by atoms with E-state index in [1.165, 1.54) is 11.3 Å². The number of rotatable bonds is 7. The van der Waals surface area contributed by atoms with Crippen LogP contribution in [0.25, 0.3) is 0 Å². The zero-order valence-electron chi connectivity index (χ0n) is 16.5. The maximum atomic E-state index is 12.3. The SMILES string of the molecule is CCN(Cc1ccc(N(C)C)cc1)c1ccc(C(=O)Nc2ccccc2)nn1. The van der Waals surface area contributed by atoms with Crippen LogP contribution in [-0.2, 0) is 6.54 Å². The molecule has 1 amide bonds. The Labute approximate surface area is 165 Å². The van der Waals surface area contributed by atoms with E-state index in [1.807, 2.05) is 50.5 Å². The van der Waals surface area contributed by atoms with Crippen molar-refractivity contribution >= 4 is 23.1 Å². The summed E-state index contributed by atoms with van der Waals surface area (Å²) in [7, 11) is 4.05. The molecule has 0 aliphatic rings. The summed E-state index contributed by atoms with van der Waals surface area (Å²) >= 11 is 0. The van der Waals surface area contributed by atoms with Crippen LogP contribution in [0.5, 0.6) is 0 Å². The van der Waals surface area contributed by atoms with Gasteiger partial charge in [-0.05, 0) is 48.9 Å². The molecule has 1 aromatic heterocycles. The minimum atomic E-state index is -0.271. The molecular weight excluding hydrogens is 350 g/mol. The minimum Gasteiger partial charge on any atom is -0.378 e. The Hall–Kier alpha value is -3.41. The molecule has 144 valence electrons. The molecule has 0 aliphatic carbocycles. The van der Waals surface area contributed by atoms with E-state index in [2.05, 4.69) is 56.5 Å². The van der Waals surface area contributed by atoms with Gasteiger partial charge in [0.1, 0.15) is 0 Å². The fourth-order valence-corrected chi connectivity index (χ4v) is 2.81. The number of benzene rings is 2. The number of nitrogens with one attached hydrogen (secondary N) is 1. The van der Waals surface area contributed by atoms with Crippen molar-refractivity contribution in [2.45, 2.75) is 13.5 Å². The monoisotopic (exact) mass is 375 g/mol. The van der Waals surface area contributed by atoms with Crippen LogP contribution >= 0.6 is 0 Å². The van der Waals surface area contributed by atoms with Crippen LogP contribution in [0.15, 0.2) is 66.7 Å². The second kappa shape index (κ2) is 8.99. The number of amides is 1. The third kappa shape index (κ3) is 4.85. The summed E-state index contributed by atoms with van der Waals surface area (Å²) < 4.78 is 0. The first-order chi connectivity index (χ1) is 13.6. The minimum absolute atomic E-state index is 0.271. The fourth-order valence-electron chi connectivity index (χ4n) is 2.81. The van der Waals surface area contributed by atoms with Crippen LogP contribution in [0.2, 0.25) is 0 Å². The summed E-state index contributed by atoms with van der Waals surface area (Å²) in [4.78, 5) is 16.5. The quantitative estimate of drug-likeness (QED) is 0.680. The molecule has 0 spiro atoms. The highest BCUT2D eigenvalue weighted by molar-refractivity contribution is 6.02. The maximum absolute atomic E-state index is 12.3. The molecule has 1 heterocycles. The summed E-state index contributed by atoms with van der Waals surface area (Å²) in [6.45, 7) is 3.60. The van der Waals surface area contributed by atoms with Crippen molar-refractivity contribution in [3.63, 3.8) is 0 Å². The highest BCUT2D eigenvalue weighted by Crippen LogP contribution is 2.17. The molecule has 0 fully saturated rings. The zero-order chi connectivity index (χ0) is 19.9. The van der Waals surface area contributed by atoms with Crippen molar-refractivity contribution in [2.75, 3.05) is 35.8 Å². The van der Waals surface area contributed by atoms with Gasteiger partial charge in [0.25, 0.3) is 5.91 Å². The molecule has 6 nitrogen and oxygen atoms in total. The lowest BCUT2D eigenvalue weighted by Gasteiger charge is -2.22. The lowest BCUT2D eigenvalue weighted by molar-refractivity contribution is 0.102. The Morgan fingerprint density at radius 1 is 0.929 bits per heavy atom. The molecule has 3 aromatic rings. The summed E-state index contributed by atoms with van der Waals surface area (Å²) in [5.41, 5.74) is 3.38. The summed E-state index contributed by atoms with van der Waals surface area (Å²) in [6.07, 6.45) is 0. The van der Waals surface area contributed by atoms with Crippen molar-refractivity contribution in [1.29, 1.82) is 0 Å². The van der Waals surface area contributed by atoms with E-state index in [9.17, 15) is 4.79 Å². The van der Waals surface area contributed by atoms with Gasteiger partial charge in [-0.15, -0.1) is 10.2 Å². The van der Waals surface area contributed by atoms with E-state index in [-0.39, 0.29) is 5.91 Å². The van der Waals surface area contributed by atoms with Crippen molar-refractivity contribution in [3.05, 3.63) is 78.0 Å². The van der Waals surface area contributed by atoms with Crippen molar-refractivity contribution in [3.8, 4) is 0 Å². The Bertz CT molecular complexity index is 892. The third-order valence-corrected chi connectivity index (χ3v) is 4.45. The zero-order valence-corrected chi connectivity index (χ0v) is 16.5.